The first-order valence-electron chi connectivity index (χ1n) is 9.93. The van der Waals surface area contributed by atoms with E-state index in [-0.39, 0.29) is 12.0 Å². The summed E-state index contributed by atoms with van der Waals surface area (Å²) in [6, 6.07) is 12.3. The van der Waals surface area contributed by atoms with Gasteiger partial charge in [0.05, 0.1) is 18.6 Å². The van der Waals surface area contributed by atoms with Crippen molar-refractivity contribution in [2.75, 3.05) is 6.61 Å². The molecule has 3 aromatic rings. The molecule has 0 bridgehead atoms. The third-order valence-corrected chi connectivity index (χ3v) is 5.32. The highest BCUT2D eigenvalue weighted by atomic mass is 16.5. The lowest BCUT2D eigenvalue weighted by Crippen LogP contribution is -2.11. The molecule has 1 aromatic heterocycles. The van der Waals surface area contributed by atoms with Gasteiger partial charge in [-0.2, -0.15) is 4.98 Å². The van der Waals surface area contributed by atoms with E-state index in [1.807, 2.05) is 12.1 Å². The SMILES string of the molecule is CCCCCOc1ccc2cc(-c3noc([C@H]4CCC[C@@H]4O)n3)ccc2c1. The standard InChI is InChI=1S/C22H26N2O3/c1-2-3-4-12-26-18-11-10-15-13-17(9-8-16(15)14-18)21-23-22(27-24-21)19-6-5-7-20(19)25/h8-11,13-14,19-20,25H,2-7,12H2,1H3/t19-,20-/m0/s1. The highest BCUT2D eigenvalue weighted by Gasteiger charge is 2.31. The second kappa shape index (κ2) is 8.09. The fraction of sp³-hybridized carbons (Fsp3) is 0.455. The minimum absolute atomic E-state index is 0.0286. The zero-order valence-electron chi connectivity index (χ0n) is 15.7. The number of aliphatic hydroxyl groups excluding tert-OH is 1. The molecule has 0 aliphatic heterocycles. The lowest BCUT2D eigenvalue weighted by Gasteiger charge is -2.08. The molecule has 0 spiro atoms. The maximum Gasteiger partial charge on any atom is 0.232 e. The zero-order chi connectivity index (χ0) is 18.6. The van der Waals surface area contributed by atoms with Crippen LogP contribution in [0, 0.1) is 0 Å². The summed E-state index contributed by atoms with van der Waals surface area (Å²) < 4.78 is 11.3. The summed E-state index contributed by atoms with van der Waals surface area (Å²) in [6.07, 6.45) is 5.82. The van der Waals surface area contributed by atoms with Crippen molar-refractivity contribution < 1.29 is 14.4 Å². The third-order valence-electron chi connectivity index (χ3n) is 5.32. The number of aliphatic hydroxyl groups is 1. The average Bonchev–Trinajstić information content (AvgIpc) is 3.33. The van der Waals surface area contributed by atoms with Crippen LogP contribution >= 0.6 is 0 Å². The third kappa shape index (κ3) is 3.98. The minimum atomic E-state index is -0.370. The monoisotopic (exact) mass is 366 g/mol. The van der Waals surface area contributed by atoms with E-state index in [4.69, 9.17) is 9.26 Å². The number of aromatic nitrogens is 2. The first-order chi connectivity index (χ1) is 13.2. The van der Waals surface area contributed by atoms with Crippen LogP contribution in [0.1, 0.15) is 57.3 Å². The largest absolute Gasteiger partial charge is 0.494 e. The topological polar surface area (TPSA) is 68.4 Å². The molecule has 2 aromatic carbocycles. The highest BCUT2D eigenvalue weighted by Crippen LogP contribution is 2.34. The molecular formula is C22H26N2O3. The van der Waals surface area contributed by atoms with Gasteiger partial charge in [-0.3, -0.25) is 0 Å². The summed E-state index contributed by atoms with van der Waals surface area (Å²) in [6.45, 7) is 2.95. The Bertz CT molecular complexity index is 905. The van der Waals surface area contributed by atoms with Gasteiger partial charge in [-0.1, -0.05) is 43.1 Å². The quantitative estimate of drug-likeness (QED) is 0.590. The normalized spacial score (nSPS) is 19.6. The van der Waals surface area contributed by atoms with E-state index in [0.717, 1.165) is 54.4 Å². The van der Waals surface area contributed by atoms with E-state index < -0.39 is 0 Å². The molecule has 1 saturated carbocycles. The summed E-state index contributed by atoms with van der Waals surface area (Å²) in [5, 5.41) is 16.4. The lowest BCUT2D eigenvalue weighted by molar-refractivity contribution is 0.148. The van der Waals surface area contributed by atoms with Gasteiger partial charge >= 0.3 is 0 Å². The fourth-order valence-electron chi connectivity index (χ4n) is 3.73. The molecule has 5 heteroatoms. The van der Waals surface area contributed by atoms with Crippen molar-refractivity contribution >= 4 is 10.8 Å². The molecule has 1 fully saturated rings. The van der Waals surface area contributed by atoms with Crippen LogP contribution in [0.5, 0.6) is 5.75 Å². The van der Waals surface area contributed by atoms with Crippen molar-refractivity contribution in [1.29, 1.82) is 0 Å². The molecule has 0 saturated heterocycles. The Balaban J connectivity index is 1.51. The van der Waals surface area contributed by atoms with Crippen molar-refractivity contribution in [2.45, 2.75) is 57.5 Å². The molecule has 1 aliphatic carbocycles. The number of unbranched alkanes of at least 4 members (excludes halogenated alkanes) is 2. The van der Waals surface area contributed by atoms with Gasteiger partial charge in [0.1, 0.15) is 5.75 Å². The van der Waals surface area contributed by atoms with E-state index in [1.165, 1.54) is 12.8 Å². The van der Waals surface area contributed by atoms with Crippen LogP contribution in [0.15, 0.2) is 40.9 Å². The van der Waals surface area contributed by atoms with Crippen LogP contribution in [0.25, 0.3) is 22.2 Å². The number of hydrogen-bond acceptors (Lipinski definition) is 5. The predicted octanol–water partition coefficient (Wildman–Crippen LogP) is 5.09. The Morgan fingerprint density at radius 1 is 1.11 bits per heavy atom. The zero-order valence-corrected chi connectivity index (χ0v) is 15.7. The summed E-state index contributed by atoms with van der Waals surface area (Å²) in [4.78, 5) is 4.53. The maximum absolute atomic E-state index is 10.0. The van der Waals surface area contributed by atoms with E-state index in [2.05, 4.69) is 41.3 Å². The number of hydrogen-bond donors (Lipinski definition) is 1. The van der Waals surface area contributed by atoms with Gasteiger partial charge in [-0.25, -0.2) is 0 Å². The number of fused-ring (bicyclic) bond motifs is 1. The number of rotatable bonds is 7. The average molecular weight is 366 g/mol. The van der Waals surface area contributed by atoms with E-state index >= 15 is 0 Å². The van der Waals surface area contributed by atoms with Gasteiger partial charge in [0.2, 0.25) is 11.7 Å². The van der Waals surface area contributed by atoms with Crippen LogP contribution in [0.3, 0.4) is 0 Å². The second-order valence-electron chi connectivity index (χ2n) is 7.34. The Kier molecular flexibility index (Phi) is 5.39. The Morgan fingerprint density at radius 2 is 1.96 bits per heavy atom. The van der Waals surface area contributed by atoms with Crippen molar-refractivity contribution in [2.24, 2.45) is 0 Å². The molecule has 1 N–H and O–H groups in total. The first-order valence-corrected chi connectivity index (χ1v) is 9.93. The van der Waals surface area contributed by atoms with Crippen LogP contribution in [0.2, 0.25) is 0 Å². The Hall–Kier alpha value is -2.40. The Labute approximate surface area is 159 Å². The molecule has 1 heterocycles. The molecule has 0 amide bonds. The van der Waals surface area contributed by atoms with Gasteiger partial charge in [-0.15, -0.1) is 0 Å². The van der Waals surface area contributed by atoms with E-state index in [1.54, 1.807) is 0 Å². The van der Waals surface area contributed by atoms with Crippen molar-refractivity contribution in [3.05, 3.63) is 42.3 Å². The van der Waals surface area contributed by atoms with Crippen molar-refractivity contribution in [3.8, 4) is 17.1 Å². The van der Waals surface area contributed by atoms with Crippen molar-refractivity contribution in [3.63, 3.8) is 0 Å². The second-order valence-corrected chi connectivity index (χ2v) is 7.34. The van der Waals surface area contributed by atoms with Gasteiger partial charge < -0.3 is 14.4 Å². The molecule has 0 unspecified atom stereocenters. The summed E-state index contributed by atoms with van der Waals surface area (Å²) in [5.74, 6) is 2.00. The Morgan fingerprint density at radius 3 is 2.78 bits per heavy atom. The maximum atomic E-state index is 10.0. The van der Waals surface area contributed by atoms with Gasteiger partial charge in [0.25, 0.3) is 0 Å². The van der Waals surface area contributed by atoms with Crippen molar-refractivity contribution in [1.82, 2.24) is 10.1 Å². The van der Waals surface area contributed by atoms with E-state index in [0.29, 0.717) is 11.7 Å². The van der Waals surface area contributed by atoms with Gasteiger partial charge in [0.15, 0.2) is 0 Å². The molecule has 0 radical (unpaired) electrons. The van der Waals surface area contributed by atoms with Crippen LogP contribution in [0.4, 0.5) is 0 Å². The first kappa shape index (κ1) is 18.0. The molecule has 2 atom stereocenters. The summed E-state index contributed by atoms with van der Waals surface area (Å²) in [7, 11) is 0. The van der Waals surface area contributed by atoms with E-state index in [9.17, 15) is 5.11 Å². The van der Waals surface area contributed by atoms with Gasteiger partial charge in [0, 0.05) is 5.56 Å². The molecule has 1 aliphatic rings. The number of benzene rings is 2. The number of ether oxygens (including phenoxy) is 1. The fourth-order valence-corrected chi connectivity index (χ4v) is 3.73. The molecule has 27 heavy (non-hydrogen) atoms. The summed E-state index contributed by atoms with van der Waals surface area (Å²) >= 11 is 0. The lowest BCUT2D eigenvalue weighted by atomic mass is 10.1. The molecule has 5 nitrogen and oxygen atoms in total. The molecule has 142 valence electrons. The smallest absolute Gasteiger partial charge is 0.232 e. The minimum Gasteiger partial charge on any atom is -0.494 e. The molecule has 4 rings (SSSR count). The van der Waals surface area contributed by atoms with Crippen LogP contribution < -0.4 is 4.74 Å². The highest BCUT2D eigenvalue weighted by molar-refractivity contribution is 5.87. The summed E-state index contributed by atoms with van der Waals surface area (Å²) in [5.41, 5.74) is 0.918. The van der Waals surface area contributed by atoms with Crippen LogP contribution in [-0.4, -0.2) is 28.0 Å². The predicted molar refractivity (Wildman–Crippen MR) is 105 cm³/mol. The van der Waals surface area contributed by atoms with Gasteiger partial charge in [-0.05, 0) is 54.7 Å². The number of nitrogens with zero attached hydrogens (tertiary/aromatic N) is 2. The molecular weight excluding hydrogens is 340 g/mol. The van der Waals surface area contributed by atoms with Crippen LogP contribution in [-0.2, 0) is 0 Å².